The zero-order valence-electron chi connectivity index (χ0n) is 16.1. The Kier molecular flexibility index (Phi) is 4.95. The number of carbonyl (C=O) groups excluding carboxylic acids is 1. The van der Waals surface area contributed by atoms with Gasteiger partial charge >= 0.3 is 6.09 Å². The van der Waals surface area contributed by atoms with E-state index in [1.54, 1.807) is 12.1 Å². The number of ether oxygens (including phenoxy) is 1. The van der Waals surface area contributed by atoms with E-state index in [1.165, 1.54) is 0 Å². The number of likely N-dealkylation sites (tertiary alicyclic amines) is 1. The third-order valence-corrected chi connectivity index (χ3v) is 5.68. The predicted molar refractivity (Wildman–Crippen MR) is 103 cm³/mol. The van der Waals surface area contributed by atoms with Gasteiger partial charge in [0.15, 0.2) is 0 Å². The lowest BCUT2D eigenvalue weighted by molar-refractivity contribution is 0.00666. The van der Waals surface area contributed by atoms with Crippen molar-refractivity contribution in [2.45, 2.75) is 52.1 Å². The molecule has 0 aliphatic carbocycles. The maximum atomic E-state index is 12.2. The number of hydrogen-bond donors (Lipinski definition) is 2. The predicted octanol–water partition coefficient (Wildman–Crippen LogP) is 3.59. The van der Waals surface area contributed by atoms with Gasteiger partial charge in [0.2, 0.25) is 0 Å². The Morgan fingerprint density at radius 3 is 2.23 bits per heavy atom. The van der Waals surface area contributed by atoms with Crippen LogP contribution in [0.5, 0.6) is 5.75 Å². The third kappa shape index (κ3) is 4.17. The zero-order chi connectivity index (χ0) is 18.9. The topological polar surface area (TPSA) is 79.0 Å². The summed E-state index contributed by atoms with van der Waals surface area (Å²) in [5.74, 6) is 0.147. The monoisotopic (exact) mass is 361 g/mol. The molecule has 2 fully saturated rings. The van der Waals surface area contributed by atoms with Crippen molar-refractivity contribution in [1.29, 1.82) is 0 Å². The van der Waals surface area contributed by atoms with E-state index >= 15 is 0 Å². The van der Waals surface area contributed by atoms with E-state index < -0.39 is 5.60 Å². The number of nitrogen functional groups attached to an aromatic ring is 1. The van der Waals surface area contributed by atoms with Crippen molar-refractivity contribution in [2.75, 3.05) is 36.8 Å². The maximum absolute atomic E-state index is 12.2. The van der Waals surface area contributed by atoms with Gasteiger partial charge in [-0.25, -0.2) is 4.79 Å². The highest BCUT2D eigenvalue weighted by atomic mass is 16.6. The van der Waals surface area contributed by atoms with E-state index in [1.807, 2.05) is 31.7 Å². The molecule has 26 heavy (non-hydrogen) atoms. The fourth-order valence-corrected chi connectivity index (χ4v) is 3.96. The van der Waals surface area contributed by atoms with Crippen molar-refractivity contribution in [3.8, 4) is 5.75 Å². The zero-order valence-corrected chi connectivity index (χ0v) is 16.1. The Hall–Kier alpha value is -2.11. The van der Waals surface area contributed by atoms with Crippen LogP contribution < -0.4 is 10.6 Å². The molecule has 6 nitrogen and oxygen atoms in total. The lowest BCUT2D eigenvalue weighted by atomic mass is 9.71. The minimum absolute atomic E-state index is 0.147. The molecule has 6 heteroatoms. The number of phenolic OH excluding ortho intramolecular Hbond substituents is 1. The molecule has 1 aromatic carbocycles. The minimum Gasteiger partial charge on any atom is -0.506 e. The molecule has 1 aromatic rings. The molecule has 2 aliphatic rings. The molecule has 0 aromatic heterocycles. The SMILES string of the molecule is CC(C)(C)OC(=O)N1CCC2(CC1)CCN(c1ccc(N)c(O)c1)CC2. The second-order valence-electron chi connectivity index (χ2n) is 8.70. The molecule has 2 saturated heterocycles. The number of anilines is 2. The van der Waals surface area contributed by atoms with Crippen LogP contribution in [0.4, 0.5) is 16.2 Å². The van der Waals surface area contributed by atoms with E-state index in [0.717, 1.165) is 57.5 Å². The summed E-state index contributed by atoms with van der Waals surface area (Å²) < 4.78 is 5.49. The summed E-state index contributed by atoms with van der Waals surface area (Å²) in [5, 5.41) is 9.83. The minimum atomic E-state index is -0.442. The fraction of sp³-hybridized carbons (Fsp3) is 0.650. The van der Waals surface area contributed by atoms with Crippen LogP contribution in [0.3, 0.4) is 0 Å². The van der Waals surface area contributed by atoms with Crippen LogP contribution in [0.2, 0.25) is 0 Å². The van der Waals surface area contributed by atoms with Crippen LogP contribution in [0, 0.1) is 5.41 Å². The van der Waals surface area contributed by atoms with Gasteiger partial charge in [-0.05, 0) is 64.0 Å². The van der Waals surface area contributed by atoms with E-state index in [4.69, 9.17) is 10.5 Å². The molecule has 3 rings (SSSR count). The van der Waals surface area contributed by atoms with Gasteiger partial charge in [0.25, 0.3) is 0 Å². The Balaban J connectivity index is 1.53. The van der Waals surface area contributed by atoms with E-state index in [0.29, 0.717) is 11.1 Å². The second-order valence-corrected chi connectivity index (χ2v) is 8.70. The van der Waals surface area contributed by atoms with Gasteiger partial charge in [-0.15, -0.1) is 0 Å². The van der Waals surface area contributed by atoms with E-state index in [-0.39, 0.29) is 11.8 Å². The number of piperidine rings is 2. The molecule has 2 aliphatic heterocycles. The number of benzene rings is 1. The van der Waals surface area contributed by atoms with Crippen molar-refractivity contribution in [3.05, 3.63) is 18.2 Å². The van der Waals surface area contributed by atoms with Gasteiger partial charge in [-0.2, -0.15) is 0 Å². The molecule has 0 bridgehead atoms. The largest absolute Gasteiger partial charge is 0.506 e. The number of phenols is 1. The first-order chi connectivity index (χ1) is 12.2. The average molecular weight is 361 g/mol. The number of aromatic hydroxyl groups is 1. The van der Waals surface area contributed by atoms with Gasteiger partial charge in [0.05, 0.1) is 5.69 Å². The third-order valence-electron chi connectivity index (χ3n) is 5.68. The summed E-state index contributed by atoms with van der Waals surface area (Å²) in [6, 6.07) is 5.48. The van der Waals surface area contributed by atoms with Crippen molar-refractivity contribution < 1.29 is 14.6 Å². The average Bonchev–Trinajstić information content (AvgIpc) is 2.57. The molecule has 0 unspecified atom stereocenters. The van der Waals surface area contributed by atoms with Crippen molar-refractivity contribution in [3.63, 3.8) is 0 Å². The quantitative estimate of drug-likeness (QED) is 0.590. The van der Waals surface area contributed by atoms with Gasteiger partial charge < -0.3 is 25.4 Å². The first-order valence-corrected chi connectivity index (χ1v) is 9.49. The highest BCUT2D eigenvalue weighted by Gasteiger charge is 2.39. The Labute approximate surface area is 155 Å². The Bertz CT molecular complexity index is 651. The summed E-state index contributed by atoms with van der Waals surface area (Å²) in [6.07, 6.45) is 4.10. The van der Waals surface area contributed by atoms with Crippen LogP contribution in [0.1, 0.15) is 46.5 Å². The number of amides is 1. The van der Waals surface area contributed by atoms with Gasteiger partial charge in [-0.3, -0.25) is 0 Å². The molecule has 1 amide bonds. The smallest absolute Gasteiger partial charge is 0.410 e. The number of nitrogens with two attached hydrogens (primary N) is 1. The van der Waals surface area contributed by atoms with Gasteiger partial charge in [-0.1, -0.05) is 0 Å². The highest BCUT2D eigenvalue weighted by Crippen LogP contribution is 2.42. The molecule has 1 spiro atoms. The summed E-state index contributed by atoms with van der Waals surface area (Å²) in [4.78, 5) is 16.4. The maximum Gasteiger partial charge on any atom is 0.410 e. The van der Waals surface area contributed by atoms with Crippen LogP contribution in [0.25, 0.3) is 0 Å². The number of hydrogen-bond acceptors (Lipinski definition) is 5. The van der Waals surface area contributed by atoms with Crippen LogP contribution in [-0.2, 0) is 4.74 Å². The molecular weight excluding hydrogens is 330 g/mol. The fourth-order valence-electron chi connectivity index (χ4n) is 3.96. The Morgan fingerprint density at radius 2 is 1.69 bits per heavy atom. The molecule has 3 N–H and O–H groups in total. The molecule has 2 heterocycles. The van der Waals surface area contributed by atoms with Crippen molar-refractivity contribution in [1.82, 2.24) is 4.90 Å². The highest BCUT2D eigenvalue weighted by molar-refractivity contribution is 5.68. The molecular formula is C20H31N3O3. The summed E-state index contributed by atoms with van der Waals surface area (Å²) in [5.41, 5.74) is 7.02. The number of carbonyl (C=O) groups is 1. The van der Waals surface area contributed by atoms with Crippen molar-refractivity contribution >= 4 is 17.5 Å². The van der Waals surface area contributed by atoms with Crippen LogP contribution >= 0.6 is 0 Å². The lowest BCUT2D eigenvalue weighted by Crippen LogP contribution is -2.49. The molecule has 144 valence electrons. The van der Waals surface area contributed by atoms with Gasteiger partial charge in [0.1, 0.15) is 11.4 Å². The molecule has 0 radical (unpaired) electrons. The van der Waals surface area contributed by atoms with E-state index in [2.05, 4.69) is 4.90 Å². The Morgan fingerprint density at radius 1 is 1.12 bits per heavy atom. The van der Waals surface area contributed by atoms with Crippen molar-refractivity contribution in [2.24, 2.45) is 5.41 Å². The van der Waals surface area contributed by atoms with E-state index in [9.17, 15) is 9.90 Å². The summed E-state index contributed by atoms with van der Waals surface area (Å²) in [7, 11) is 0. The lowest BCUT2D eigenvalue weighted by Gasteiger charge is -2.47. The number of rotatable bonds is 1. The number of nitrogens with zero attached hydrogens (tertiary/aromatic N) is 2. The summed E-state index contributed by atoms with van der Waals surface area (Å²) >= 11 is 0. The van der Waals surface area contributed by atoms with Crippen LogP contribution in [-0.4, -0.2) is 47.9 Å². The second kappa shape index (κ2) is 6.89. The first kappa shape index (κ1) is 18.7. The van der Waals surface area contributed by atoms with Crippen LogP contribution in [0.15, 0.2) is 18.2 Å². The standard InChI is InChI=1S/C20H31N3O3/c1-19(2,3)26-18(25)23-12-8-20(9-13-23)6-10-22(11-7-20)15-4-5-16(21)17(24)14-15/h4-5,14,24H,6-13,21H2,1-3H3. The van der Waals surface area contributed by atoms with Gasteiger partial charge in [0, 0.05) is 37.9 Å². The normalized spacial score (nSPS) is 20.3. The molecule has 0 atom stereocenters. The first-order valence-electron chi connectivity index (χ1n) is 9.49. The summed E-state index contributed by atoms with van der Waals surface area (Å²) in [6.45, 7) is 9.20. The molecule has 0 saturated carbocycles.